The molecule has 1 heterocycles. The van der Waals surface area contributed by atoms with Crippen molar-refractivity contribution >= 4 is 11.6 Å². The Labute approximate surface area is 113 Å². The lowest BCUT2D eigenvalue weighted by atomic mass is 10.2. The van der Waals surface area contributed by atoms with E-state index >= 15 is 0 Å². The number of nitrogens with zero attached hydrogens (tertiary/aromatic N) is 2. The van der Waals surface area contributed by atoms with Crippen molar-refractivity contribution in [1.29, 1.82) is 0 Å². The van der Waals surface area contributed by atoms with Crippen LogP contribution in [-0.2, 0) is 4.79 Å². The zero-order valence-electron chi connectivity index (χ0n) is 11.4. The fraction of sp³-hybridized carbons (Fsp3) is 0.500. The van der Waals surface area contributed by atoms with Gasteiger partial charge in [-0.2, -0.15) is 0 Å². The fourth-order valence-electron chi connectivity index (χ4n) is 2.35. The monoisotopic (exact) mass is 265 g/mol. The number of likely N-dealkylation sites (N-methyl/N-ethyl adjacent to an activating group) is 1. The number of carbonyl (C=O) groups excluding carboxylic acids is 1. The minimum absolute atomic E-state index is 0.0380. The van der Waals surface area contributed by atoms with Crippen LogP contribution in [-0.4, -0.2) is 50.6 Å². The number of hydrogen-bond acceptors (Lipinski definition) is 3. The van der Waals surface area contributed by atoms with E-state index in [2.05, 4.69) is 10.2 Å². The summed E-state index contributed by atoms with van der Waals surface area (Å²) in [4.78, 5) is 15.6. The second-order valence-corrected chi connectivity index (χ2v) is 5.22. The lowest BCUT2D eigenvalue weighted by molar-refractivity contribution is -0.122. The Morgan fingerprint density at radius 3 is 3.00 bits per heavy atom. The highest BCUT2D eigenvalue weighted by Gasteiger charge is 2.24. The normalized spacial score (nSPS) is 18.9. The van der Waals surface area contributed by atoms with E-state index in [1.54, 1.807) is 6.07 Å². The van der Waals surface area contributed by atoms with E-state index in [-0.39, 0.29) is 17.8 Å². The molecule has 1 amide bonds. The molecule has 0 spiro atoms. The summed E-state index contributed by atoms with van der Waals surface area (Å²) < 4.78 is 13.2. The molecule has 2 rings (SSSR count). The Morgan fingerprint density at radius 2 is 2.32 bits per heavy atom. The molecule has 0 radical (unpaired) electrons. The predicted octanol–water partition coefficient (Wildman–Crippen LogP) is 1.08. The number of anilines is 1. The zero-order valence-corrected chi connectivity index (χ0v) is 11.4. The second kappa shape index (κ2) is 6.02. The Bertz CT molecular complexity index is 450. The van der Waals surface area contributed by atoms with Crippen molar-refractivity contribution in [2.45, 2.75) is 12.5 Å². The molecule has 0 aliphatic carbocycles. The molecule has 1 atom stereocenters. The number of carbonyl (C=O) groups is 1. The molecule has 4 nitrogen and oxygen atoms in total. The topological polar surface area (TPSA) is 35.6 Å². The highest BCUT2D eigenvalue weighted by Crippen LogP contribution is 2.20. The second-order valence-electron chi connectivity index (χ2n) is 5.22. The first-order valence-corrected chi connectivity index (χ1v) is 6.49. The molecule has 1 aliphatic heterocycles. The molecule has 1 aromatic rings. The van der Waals surface area contributed by atoms with Crippen molar-refractivity contribution in [3.8, 4) is 0 Å². The molecule has 104 valence electrons. The summed E-state index contributed by atoms with van der Waals surface area (Å²) >= 11 is 0. The van der Waals surface area contributed by atoms with Gasteiger partial charge in [-0.15, -0.1) is 0 Å². The van der Waals surface area contributed by atoms with Crippen LogP contribution in [0.2, 0.25) is 0 Å². The lowest BCUT2D eigenvalue weighted by Gasteiger charge is -2.19. The van der Waals surface area contributed by atoms with E-state index in [1.165, 1.54) is 12.1 Å². The number of hydrogen-bond donors (Lipinski definition) is 1. The highest BCUT2D eigenvalue weighted by atomic mass is 19.1. The summed E-state index contributed by atoms with van der Waals surface area (Å²) in [6.45, 7) is 1.98. The molecule has 1 N–H and O–H groups in total. The van der Waals surface area contributed by atoms with Crippen LogP contribution in [0.3, 0.4) is 0 Å². The average Bonchev–Trinajstić information content (AvgIpc) is 2.76. The van der Waals surface area contributed by atoms with E-state index in [0.29, 0.717) is 6.54 Å². The SMILES string of the molecule is CN(C)CC(=O)NC1CCN(c2cccc(F)c2)C1. The summed E-state index contributed by atoms with van der Waals surface area (Å²) in [6.07, 6.45) is 0.898. The van der Waals surface area contributed by atoms with Gasteiger partial charge in [0.15, 0.2) is 0 Å². The quantitative estimate of drug-likeness (QED) is 0.885. The standard InChI is InChI=1S/C14H20FN3O/c1-17(2)10-14(19)16-12-6-7-18(9-12)13-5-3-4-11(15)8-13/h3-5,8,12H,6-7,9-10H2,1-2H3,(H,16,19). The molecule has 1 fully saturated rings. The molecule has 1 aliphatic rings. The van der Waals surface area contributed by atoms with Crippen LogP contribution in [0.4, 0.5) is 10.1 Å². The maximum atomic E-state index is 13.2. The van der Waals surface area contributed by atoms with Crippen molar-refractivity contribution in [3.05, 3.63) is 30.1 Å². The van der Waals surface area contributed by atoms with Crippen LogP contribution in [0.1, 0.15) is 6.42 Å². The van der Waals surface area contributed by atoms with Gasteiger partial charge < -0.3 is 15.1 Å². The Morgan fingerprint density at radius 1 is 1.53 bits per heavy atom. The molecule has 1 saturated heterocycles. The maximum Gasteiger partial charge on any atom is 0.234 e. The molecule has 0 bridgehead atoms. The van der Waals surface area contributed by atoms with Gasteiger partial charge >= 0.3 is 0 Å². The van der Waals surface area contributed by atoms with Crippen LogP contribution in [0, 0.1) is 5.82 Å². The van der Waals surface area contributed by atoms with E-state index in [0.717, 1.165) is 25.2 Å². The van der Waals surface area contributed by atoms with Gasteiger partial charge in [0.05, 0.1) is 6.54 Å². The Kier molecular flexibility index (Phi) is 4.37. The zero-order chi connectivity index (χ0) is 13.8. The van der Waals surface area contributed by atoms with Gasteiger partial charge in [-0.1, -0.05) is 6.07 Å². The van der Waals surface area contributed by atoms with Crippen molar-refractivity contribution < 1.29 is 9.18 Å². The van der Waals surface area contributed by atoms with Crippen LogP contribution in [0.5, 0.6) is 0 Å². The molecule has 19 heavy (non-hydrogen) atoms. The molecule has 1 aromatic carbocycles. The first-order chi connectivity index (χ1) is 9.04. The van der Waals surface area contributed by atoms with Gasteiger partial charge in [-0.3, -0.25) is 4.79 Å². The number of benzene rings is 1. The summed E-state index contributed by atoms with van der Waals surface area (Å²) in [5.74, 6) is -0.186. The van der Waals surface area contributed by atoms with Crippen molar-refractivity contribution in [2.24, 2.45) is 0 Å². The molecule has 0 saturated carbocycles. The van der Waals surface area contributed by atoms with Crippen LogP contribution >= 0.6 is 0 Å². The molecular formula is C14H20FN3O. The first kappa shape index (κ1) is 13.8. The van der Waals surface area contributed by atoms with E-state index < -0.39 is 0 Å². The molecule has 0 aromatic heterocycles. The molecule has 5 heteroatoms. The largest absolute Gasteiger partial charge is 0.369 e. The van der Waals surface area contributed by atoms with Gasteiger partial charge in [0.25, 0.3) is 0 Å². The average molecular weight is 265 g/mol. The number of halogens is 1. The maximum absolute atomic E-state index is 13.2. The third-order valence-electron chi connectivity index (χ3n) is 3.19. The summed E-state index contributed by atoms with van der Waals surface area (Å²) in [5.41, 5.74) is 0.879. The van der Waals surface area contributed by atoms with Gasteiger partial charge in [0.2, 0.25) is 5.91 Å². The number of amides is 1. The van der Waals surface area contributed by atoms with Gasteiger partial charge in [0, 0.05) is 24.8 Å². The lowest BCUT2D eigenvalue weighted by Crippen LogP contribution is -2.41. The number of nitrogens with one attached hydrogen (secondary N) is 1. The van der Waals surface area contributed by atoms with E-state index in [9.17, 15) is 9.18 Å². The summed E-state index contributed by atoms with van der Waals surface area (Å²) in [7, 11) is 3.74. The van der Waals surface area contributed by atoms with E-state index in [4.69, 9.17) is 0 Å². The number of rotatable bonds is 4. The van der Waals surface area contributed by atoms with Crippen LogP contribution in [0.25, 0.3) is 0 Å². The Hall–Kier alpha value is -1.62. The van der Waals surface area contributed by atoms with Gasteiger partial charge in [-0.05, 0) is 38.7 Å². The molecule has 1 unspecified atom stereocenters. The fourth-order valence-corrected chi connectivity index (χ4v) is 2.35. The third kappa shape index (κ3) is 3.92. The molecular weight excluding hydrogens is 245 g/mol. The van der Waals surface area contributed by atoms with Crippen molar-refractivity contribution in [1.82, 2.24) is 10.2 Å². The minimum Gasteiger partial charge on any atom is -0.369 e. The highest BCUT2D eigenvalue weighted by molar-refractivity contribution is 5.78. The van der Waals surface area contributed by atoms with Crippen molar-refractivity contribution in [3.63, 3.8) is 0 Å². The Balaban J connectivity index is 1.88. The van der Waals surface area contributed by atoms with Gasteiger partial charge in [-0.25, -0.2) is 4.39 Å². The smallest absolute Gasteiger partial charge is 0.234 e. The van der Waals surface area contributed by atoms with Gasteiger partial charge in [0.1, 0.15) is 5.82 Å². The third-order valence-corrected chi connectivity index (χ3v) is 3.19. The van der Waals surface area contributed by atoms with Crippen LogP contribution < -0.4 is 10.2 Å². The summed E-state index contributed by atoms with van der Waals surface area (Å²) in [6, 6.07) is 6.73. The first-order valence-electron chi connectivity index (χ1n) is 6.49. The van der Waals surface area contributed by atoms with Crippen LogP contribution in [0.15, 0.2) is 24.3 Å². The predicted molar refractivity (Wildman–Crippen MR) is 73.7 cm³/mol. The minimum atomic E-state index is -0.224. The van der Waals surface area contributed by atoms with E-state index in [1.807, 2.05) is 25.1 Å². The van der Waals surface area contributed by atoms with Crippen molar-refractivity contribution in [2.75, 3.05) is 38.6 Å². The summed E-state index contributed by atoms with van der Waals surface area (Å²) in [5, 5.41) is 3.01.